The van der Waals surface area contributed by atoms with Crippen LogP contribution in [0, 0.1) is 17.3 Å². The van der Waals surface area contributed by atoms with Crippen LogP contribution in [0.25, 0.3) is 0 Å². The maximum atomic E-state index is 12.5. The molecule has 2 unspecified atom stereocenters. The van der Waals surface area contributed by atoms with Crippen LogP contribution in [0.5, 0.6) is 0 Å². The molecule has 1 aliphatic rings. The molecule has 0 aromatic heterocycles. The smallest absolute Gasteiger partial charge is 0.249 e. The Morgan fingerprint density at radius 3 is 2.44 bits per heavy atom. The van der Waals surface area contributed by atoms with Crippen molar-refractivity contribution >= 4 is 5.91 Å². The molecule has 1 aliphatic carbocycles. The molecule has 0 radical (unpaired) electrons. The van der Waals surface area contributed by atoms with Crippen LogP contribution in [0.15, 0.2) is 0 Å². The van der Waals surface area contributed by atoms with Gasteiger partial charge in [0.2, 0.25) is 5.91 Å². The van der Waals surface area contributed by atoms with Gasteiger partial charge in [0, 0.05) is 5.92 Å². The van der Waals surface area contributed by atoms with E-state index in [2.05, 4.69) is 20.8 Å². The van der Waals surface area contributed by atoms with Crippen LogP contribution in [0.4, 0.5) is 0 Å². The summed E-state index contributed by atoms with van der Waals surface area (Å²) >= 11 is 0. The van der Waals surface area contributed by atoms with Gasteiger partial charge in [0.05, 0.1) is 13.7 Å². The second-order valence-corrected chi connectivity index (χ2v) is 6.50. The van der Waals surface area contributed by atoms with Gasteiger partial charge < -0.3 is 5.73 Å². The van der Waals surface area contributed by atoms with E-state index in [1.54, 1.807) is 7.11 Å². The summed E-state index contributed by atoms with van der Waals surface area (Å²) in [7, 11) is 1.57. The number of nitrogens with two attached hydrogens (primary N) is 1. The molecule has 4 nitrogen and oxygen atoms in total. The topological polar surface area (TPSA) is 55.6 Å². The third-order valence-electron chi connectivity index (χ3n) is 3.61. The minimum atomic E-state index is 0.0402. The average Bonchev–Trinajstić information content (AvgIpc) is 2.34. The van der Waals surface area contributed by atoms with Gasteiger partial charge in [-0.15, -0.1) is 0 Å². The molecule has 0 saturated heterocycles. The first-order valence-corrected chi connectivity index (χ1v) is 6.94. The molecule has 18 heavy (non-hydrogen) atoms. The average molecular weight is 256 g/mol. The molecular weight excluding hydrogens is 228 g/mol. The summed E-state index contributed by atoms with van der Waals surface area (Å²) < 4.78 is 0. The minimum Gasteiger partial charge on any atom is -0.330 e. The monoisotopic (exact) mass is 256 g/mol. The van der Waals surface area contributed by atoms with Crippen molar-refractivity contribution in [1.82, 2.24) is 5.06 Å². The van der Waals surface area contributed by atoms with Gasteiger partial charge in [-0.05, 0) is 30.7 Å². The lowest BCUT2D eigenvalue weighted by Gasteiger charge is -2.35. The fourth-order valence-corrected chi connectivity index (χ4v) is 2.66. The van der Waals surface area contributed by atoms with Crippen LogP contribution < -0.4 is 5.73 Å². The summed E-state index contributed by atoms with van der Waals surface area (Å²) in [5, 5.41) is 1.53. The number of amides is 1. The van der Waals surface area contributed by atoms with Crippen LogP contribution in [0.1, 0.15) is 46.5 Å². The Kier molecular flexibility index (Phi) is 5.60. The summed E-state index contributed by atoms with van der Waals surface area (Å²) in [6.07, 6.45) is 4.34. The predicted molar refractivity (Wildman–Crippen MR) is 72.7 cm³/mol. The Hall–Kier alpha value is -0.610. The number of carbonyl (C=O) groups is 1. The third-order valence-corrected chi connectivity index (χ3v) is 3.61. The highest BCUT2D eigenvalue weighted by molar-refractivity contribution is 5.78. The number of hydrogen-bond donors (Lipinski definition) is 1. The van der Waals surface area contributed by atoms with E-state index >= 15 is 0 Å². The minimum absolute atomic E-state index is 0.0402. The predicted octanol–water partition coefficient (Wildman–Crippen LogP) is 2.19. The van der Waals surface area contributed by atoms with Crippen molar-refractivity contribution in [3.05, 3.63) is 0 Å². The van der Waals surface area contributed by atoms with Gasteiger partial charge in [0.15, 0.2) is 0 Å². The number of hydrogen-bond acceptors (Lipinski definition) is 3. The van der Waals surface area contributed by atoms with Gasteiger partial charge in [0.1, 0.15) is 0 Å². The van der Waals surface area contributed by atoms with Gasteiger partial charge in [-0.2, -0.15) is 0 Å². The van der Waals surface area contributed by atoms with Crippen LogP contribution in [0.3, 0.4) is 0 Å². The number of nitrogens with zero attached hydrogens (tertiary/aromatic N) is 1. The van der Waals surface area contributed by atoms with E-state index in [1.165, 1.54) is 11.5 Å². The first kappa shape index (κ1) is 15.4. The van der Waals surface area contributed by atoms with Gasteiger partial charge >= 0.3 is 0 Å². The van der Waals surface area contributed by atoms with E-state index in [9.17, 15) is 4.79 Å². The molecule has 2 N–H and O–H groups in total. The van der Waals surface area contributed by atoms with E-state index in [0.717, 1.165) is 19.3 Å². The van der Waals surface area contributed by atoms with E-state index in [-0.39, 0.29) is 17.2 Å². The largest absolute Gasteiger partial charge is 0.330 e. The zero-order valence-electron chi connectivity index (χ0n) is 12.2. The third kappa shape index (κ3) is 4.25. The highest BCUT2D eigenvalue weighted by Gasteiger charge is 2.34. The second kappa shape index (κ2) is 6.53. The van der Waals surface area contributed by atoms with Crippen LogP contribution in [-0.4, -0.2) is 31.2 Å². The SMILES string of the molecule is CON(CC(C)(C)C)C(=O)C1CCCCC1CN. The van der Waals surface area contributed by atoms with Crippen LogP contribution in [-0.2, 0) is 9.63 Å². The normalized spacial score (nSPS) is 24.9. The Balaban J connectivity index is 2.69. The van der Waals surface area contributed by atoms with Crippen molar-refractivity contribution in [2.24, 2.45) is 23.0 Å². The lowest BCUT2D eigenvalue weighted by Crippen LogP contribution is -2.44. The zero-order chi connectivity index (χ0) is 13.8. The molecule has 4 heteroatoms. The van der Waals surface area contributed by atoms with Crippen molar-refractivity contribution in [2.75, 3.05) is 20.2 Å². The molecule has 1 saturated carbocycles. The molecule has 0 aromatic carbocycles. The molecule has 0 bridgehead atoms. The summed E-state index contributed by atoms with van der Waals surface area (Å²) in [6, 6.07) is 0. The first-order valence-electron chi connectivity index (χ1n) is 6.94. The van der Waals surface area contributed by atoms with Gasteiger partial charge in [0.25, 0.3) is 0 Å². The van der Waals surface area contributed by atoms with Crippen LogP contribution in [0.2, 0.25) is 0 Å². The fraction of sp³-hybridized carbons (Fsp3) is 0.929. The van der Waals surface area contributed by atoms with Crippen molar-refractivity contribution in [3.8, 4) is 0 Å². The summed E-state index contributed by atoms with van der Waals surface area (Å²) in [6.45, 7) is 7.54. The lowest BCUT2D eigenvalue weighted by atomic mass is 9.78. The van der Waals surface area contributed by atoms with Gasteiger partial charge in [-0.1, -0.05) is 33.6 Å². The molecule has 106 valence electrons. The van der Waals surface area contributed by atoms with E-state index in [1.807, 2.05) is 0 Å². The highest BCUT2D eigenvalue weighted by Crippen LogP contribution is 2.31. The van der Waals surface area contributed by atoms with Crippen molar-refractivity contribution in [2.45, 2.75) is 46.5 Å². The van der Waals surface area contributed by atoms with Crippen molar-refractivity contribution < 1.29 is 9.63 Å². The molecule has 1 amide bonds. The Labute approximate surface area is 111 Å². The Bertz CT molecular complexity index is 273. The van der Waals surface area contributed by atoms with E-state index in [4.69, 9.17) is 10.6 Å². The molecular formula is C14H28N2O2. The van der Waals surface area contributed by atoms with E-state index < -0.39 is 0 Å². The van der Waals surface area contributed by atoms with Gasteiger partial charge in [-0.3, -0.25) is 9.63 Å². The molecule has 1 rings (SSSR count). The van der Waals surface area contributed by atoms with Crippen LogP contribution >= 0.6 is 0 Å². The number of rotatable bonds is 4. The maximum Gasteiger partial charge on any atom is 0.249 e. The summed E-state index contributed by atoms with van der Waals surface area (Å²) in [4.78, 5) is 17.8. The second-order valence-electron chi connectivity index (χ2n) is 6.50. The number of hydroxylamine groups is 2. The standard InChI is InChI=1S/C14H28N2O2/c1-14(2,3)10-16(18-4)13(17)12-8-6-5-7-11(12)9-15/h11-12H,5-10,15H2,1-4H3. The van der Waals surface area contributed by atoms with E-state index in [0.29, 0.717) is 19.0 Å². The van der Waals surface area contributed by atoms with Crippen molar-refractivity contribution in [1.29, 1.82) is 0 Å². The molecule has 0 aromatic rings. The molecule has 0 heterocycles. The molecule has 0 spiro atoms. The summed E-state index contributed by atoms with van der Waals surface area (Å²) in [5.74, 6) is 0.484. The Morgan fingerprint density at radius 1 is 1.33 bits per heavy atom. The molecule has 2 atom stereocenters. The molecule has 1 fully saturated rings. The quantitative estimate of drug-likeness (QED) is 0.784. The first-order chi connectivity index (χ1) is 8.39. The maximum absolute atomic E-state index is 12.5. The van der Waals surface area contributed by atoms with Crippen molar-refractivity contribution in [3.63, 3.8) is 0 Å². The zero-order valence-corrected chi connectivity index (χ0v) is 12.2. The van der Waals surface area contributed by atoms with Gasteiger partial charge in [-0.25, -0.2) is 5.06 Å². The Morgan fingerprint density at radius 2 is 1.94 bits per heavy atom. The summed E-state index contributed by atoms with van der Waals surface area (Å²) in [5.41, 5.74) is 5.83. The number of carbonyl (C=O) groups excluding carboxylic acids is 1. The highest BCUT2D eigenvalue weighted by atomic mass is 16.7. The lowest BCUT2D eigenvalue weighted by molar-refractivity contribution is -0.189. The molecule has 0 aliphatic heterocycles. The fourth-order valence-electron chi connectivity index (χ4n) is 2.66.